The first-order valence-electron chi connectivity index (χ1n) is 8.94. The number of rotatable bonds is 5. The highest BCUT2D eigenvalue weighted by molar-refractivity contribution is 7.16. The number of carbonyl (C=O) groups is 4. The van der Waals surface area contributed by atoms with Crippen LogP contribution >= 0.6 is 11.3 Å². The van der Waals surface area contributed by atoms with Crippen molar-refractivity contribution < 1.29 is 33.4 Å². The van der Waals surface area contributed by atoms with E-state index >= 15 is 0 Å². The van der Waals surface area contributed by atoms with Crippen LogP contribution in [-0.4, -0.2) is 49.7 Å². The van der Waals surface area contributed by atoms with E-state index in [1.807, 2.05) is 0 Å². The fourth-order valence-electron chi connectivity index (χ4n) is 2.85. The van der Waals surface area contributed by atoms with Crippen molar-refractivity contribution in [2.45, 2.75) is 6.54 Å². The molecule has 0 unspecified atom stereocenters. The van der Waals surface area contributed by atoms with E-state index in [1.54, 1.807) is 30.3 Å². The maximum atomic E-state index is 12.9. The topological polar surface area (TPSA) is 113 Å². The molecule has 9 nitrogen and oxygen atoms in total. The normalized spacial score (nSPS) is 11.3. The van der Waals surface area contributed by atoms with Crippen LogP contribution in [0.5, 0.6) is 0 Å². The molecule has 0 aliphatic rings. The van der Waals surface area contributed by atoms with E-state index < -0.39 is 23.8 Å². The molecule has 0 aliphatic heterocycles. The van der Waals surface area contributed by atoms with Crippen LogP contribution in [0.2, 0.25) is 0 Å². The molecule has 0 spiro atoms. The number of carbonyl (C=O) groups excluding carboxylic acids is 4. The van der Waals surface area contributed by atoms with Crippen molar-refractivity contribution in [1.29, 1.82) is 0 Å². The van der Waals surface area contributed by atoms with Crippen molar-refractivity contribution in [1.82, 2.24) is 4.57 Å². The number of thiazole rings is 1. The first-order chi connectivity index (χ1) is 14.9. The molecule has 0 aliphatic carbocycles. The van der Waals surface area contributed by atoms with Gasteiger partial charge in [-0.3, -0.25) is 9.59 Å². The molecular weight excluding hydrogens is 424 g/mol. The molecule has 1 heterocycles. The highest BCUT2D eigenvalue weighted by Gasteiger charge is 2.18. The van der Waals surface area contributed by atoms with Crippen LogP contribution in [0, 0.1) is 0 Å². The van der Waals surface area contributed by atoms with Gasteiger partial charge in [-0.1, -0.05) is 23.5 Å². The molecule has 0 saturated heterocycles. The summed E-state index contributed by atoms with van der Waals surface area (Å²) in [5.74, 6) is -2.41. The molecule has 0 saturated carbocycles. The Morgan fingerprint density at radius 3 is 2.23 bits per heavy atom. The molecule has 0 bridgehead atoms. The summed E-state index contributed by atoms with van der Waals surface area (Å²) in [6.45, 7) is -0.196. The van der Waals surface area contributed by atoms with Gasteiger partial charge in [-0.25, -0.2) is 9.59 Å². The average Bonchev–Trinajstić information content (AvgIpc) is 3.13. The number of benzene rings is 2. The fraction of sp³-hybridized carbons (Fsp3) is 0.190. The van der Waals surface area contributed by atoms with Crippen molar-refractivity contribution in [3.05, 3.63) is 64.0 Å². The second kappa shape index (κ2) is 9.35. The van der Waals surface area contributed by atoms with Crippen LogP contribution in [0.25, 0.3) is 10.2 Å². The van der Waals surface area contributed by atoms with Crippen molar-refractivity contribution in [2.75, 3.05) is 21.3 Å². The van der Waals surface area contributed by atoms with Gasteiger partial charge in [0.05, 0.1) is 48.2 Å². The number of fused-ring (bicyclic) bond motifs is 1. The summed E-state index contributed by atoms with van der Waals surface area (Å²) in [4.78, 5) is 53.0. The van der Waals surface area contributed by atoms with Gasteiger partial charge in [-0.05, 0) is 30.3 Å². The second-order valence-electron chi connectivity index (χ2n) is 6.18. The summed E-state index contributed by atoms with van der Waals surface area (Å²) in [6, 6.07) is 10.9. The molecule has 31 heavy (non-hydrogen) atoms. The largest absolute Gasteiger partial charge is 0.468 e. The zero-order chi connectivity index (χ0) is 22.5. The Bertz CT molecular complexity index is 1260. The summed E-state index contributed by atoms with van der Waals surface area (Å²) in [5, 5.41) is 0. The molecule has 0 N–H and O–H groups in total. The predicted octanol–water partition coefficient (Wildman–Crippen LogP) is 2.19. The molecule has 160 valence electrons. The highest BCUT2D eigenvalue weighted by atomic mass is 32.1. The number of ether oxygens (including phenoxy) is 3. The minimum absolute atomic E-state index is 0.0617. The smallest absolute Gasteiger partial charge is 0.338 e. The Balaban J connectivity index is 2.18. The second-order valence-corrected chi connectivity index (χ2v) is 7.18. The van der Waals surface area contributed by atoms with Crippen molar-refractivity contribution in [3.8, 4) is 0 Å². The molecule has 10 heteroatoms. The third-order valence-corrected chi connectivity index (χ3v) is 5.42. The van der Waals surface area contributed by atoms with Crippen LogP contribution in [-0.2, 0) is 25.5 Å². The van der Waals surface area contributed by atoms with E-state index in [9.17, 15) is 19.2 Å². The van der Waals surface area contributed by atoms with E-state index in [2.05, 4.69) is 4.99 Å². The third kappa shape index (κ3) is 4.53. The maximum absolute atomic E-state index is 12.9. The lowest BCUT2D eigenvalue weighted by atomic mass is 10.1. The van der Waals surface area contributed by atoms with Gasteiger partial charge in [0, 0.05) is 0 Å². The monoisotopic (exact) mass is 442 g/mol. The zero-order valence-electron chi connectivity index (χ0n) is 16.9. The van der Waals surface area contributed by atoms with Crippen molar-refractivity contribution in [3.63, 3.8) is 0 Å². The number of hydrogen-bond acceptors (Lipinski definition) is 8. The van der Waals surface area contributed by atoms with Crippen molar-refractivity contribution in [2.24, 2.45) is 4.99 Å². The number of methoxy groups -OCH3 is 3. The average molecular weight is 442 g/mol. The van der Waals surface area contributed by atoms with Crippen LogP contribution in [0.4, 0.5) is 0 Å². The van der Waals surface area contributed by atoms with E-state index in [-0.39, 0.29) is 22.5 Å². The molecule has 0 radical (unpaired) electrons. The number of esters is 3. The van der Waals surface area contributed by atoms with Gasteiger partial charge >= 0.3 is 17.9 Å². The lowest BCUT2D eigenvalue weighted by Gasteiger charge is -2.05. The van der Waals surface area contributed by atoms with Crippen LogP contribution in [0.1, 0.15) is 31.1 Å². The summed E-state index contributed by atoms with van der Waals surface area (Å²) in [5.41, 5.74) is 1.03. The molecule has 0 fully saturated rings. The van der Waals surface area contributed by atoms with Gasteiger partial charge in [-0.15, -0.1) is 0 Å². The highest BCUT2D eigenvalue weighted by Crippen LogP contribution is 2.20. The van der Waals surface area contributed by atoms with Crippen molar-refractivity contribution >= 4 is 45.4 Å². The van der Waals surface area contributed by atoms with Crippen LogP contribution in [0.15, 0.2) is 47.5 Å². The number of aromatic nitrogens is 1. The lowest BCUT2D eigenvalue weighted by molar-refractivity contribution is -0.141. The van der Waals surface area contributed by atoms with E-state index in [4.69, 9.17) is 14.2 Å². The Morgan fingerprint density at radius 2 is 1.58 bits per heavy atom. The summed E-state index contributed by atoms with van der Waals surface area (Å²) in [7, 11) is 3.74. The summed E-state index contributed by atoms with van der Waals surface area (Å²) < 4.78 is 16.3. The Labute approximate surface area is 180 Å². The number of nitrogens with zero attached hydrogens (tertiary/aromatic N) is 2. The van der Waals surface area contributed by atoms with E-state index in [0.29, 0.717) is 15.8 Å². The maximum Gasteiger partial charge on any atom is 0.338 e. The Hall–Kier alpha value is -3.79. The van der Waals surface area contributed by atoms with Crippen LogP contribution < -0.4 is 4.80 Å². The Morgan fingerprint density at radius 1 is 0.903 bits per heavy atom. The van der Waals surface area contributed by atoms with E-state index in [1.165, 1.54) is 38.0 Å². The van der Waals surface area contributed by atoms with Gasteiger partial charge in [0.1, 0.15) is 6.54 Å². The Kier molecular flexibility index (Phi) is 6.61. The molecular formula is C21H18N2O7S. The first kappa shape index (κ1) is 21.9. The minimum Gasteiger partial charge on any atom is -0.468 e. The molecule has 1 aromatic heterocycles. The van der Waals surface area contributed by atoms with Gasteiger partial charge in [0.2, 0.25) is 0 Å². The molecule has 3 rings (SSSR count). The molecule has 3 aromatic rings. The standard InChI is InChI=1S/C21H18N2O7S/c1-28-17(24)11-23-15-9-8-12(19(26)29-2)10-16(15)31-21(23)22-18(25)13-6-4-5-7-14(13)20(27)30-3/h4-10H,11H2,1-3H3. The van der Waals surface area contributed by atoms with Gasteiger partial charge in [0.15, 0.2) is 4.80 Å². The summed E-state index contributed by atoms with van der Waals surface area (Å²) >= 11 is 1.11. The fourth-order valence-corrected chi connectivity index (χ4v) is 3.92. The van der Waals surface area contributed by atoms with E-state index in [0.717, 1.165) is 11.3 Å². The first-order valence-corrected chi connectivity index (χ1v) is 9.76. The predicted molar refractivity (Wildman–Crippen MR) is 111 cm³/mol. The lowest BCUT2D eigenvalue weighted by Crippen LogP contribution is -2.22. The third-order valence-electron chi connectivity index (χ3n) is 4.38. The van der Waals surface area contributed by atoms with Gasteiger partial charge in [0.25, 0.3) is 5.91 Å². The number of hydrogen-bond donors (Lipinski definition) is 0. The summed E-state index contributed by atoms with van der Waals surface area (Å²) in [6.07, 6.45) is 0. The minimum atomic E-state index is -0.681. The van der Waals surface area contributed by atoms with Gasteiger partial charge in [-0.2, -0.15) is 4.99 Å². The molecule has 0 atom stereocenters. The zero-order valence-corrected chi connectivity index (χ0v) is 17.7. The molecule has 1 amide bonds. The quantitative estimate of drug-likeness (QED) is 0.440. The van der Waals surface area contributed by atoms with Crippen LogP contribution in [0.3, 0.4) is 0 Å². The molecule has 2 aromatic carbocycles. The number of amides is 1. The van der Waals surface area contributed by atoms with Gasteiger partial charge < -0.3 is 18.8 Å². The SMILES string of the molecule is COC(=O)Cn1c(=NC(=O)c2ccccc2C(=O)OC)sc2cc(C(=O)OC)ccc21.